The lowest BCUT2D eigenvalue weighted by Gasteiger charge is -2.09. The minimum Gasteiger partial charge on any atom is -0.457 e. The van der Waals surface area contributed by atoms with Gasteiger partial charge in [-0.15, -0.1) is 0 Å². The smallest absolute Gasteiger partial charge is 0.261 e. The van der Waals surface area contributed by atoms with Gasteiger partial charge >= 0.3 is 0 Å². The molecule has 106 valence electrons. The predicted octanol–water partition coefficient (Wildman–Crippen LogP) is 4.53. The number of rotatable bonds is 4. The Kier molecular flexibility index (Phi) is 4.35. The molecule has 0 spiro atoms. The highest BCUT2D eigenvalue weighted by Gasteiger charge is 2.10. The molecule has 0 bridgehead atoms. The number of ether oxygens (including phenoxy) is 1. The maximum absolute atomic E-state index is 11.3. The molecule has 2 rings (SSSR count). The van der Waals surface area contributed by atoms with Crippen molar-refractivity contribution in [2.75, 3.05) is 0 Å². The second-order valence-corrected chi connectivity index (χ2v) is 7.30. The van der Waals surface area contributed by atoms with Crippen molar-refractivity contribution in [3.63, 3.8) is 0 Å². The second kappa shape index (κ2) is 5.85. The van der Waals surface area contributed by atoms with E-state index in [0.717, 1.165) is 0 Å². The molecule has 0 saturated heterocycles. The Hall–Kier alpha value is -1.52. The van der Waals surface area contributed by atoms with E-state index in [0.29, 0.717) is 17.4 Å². The zero-order valence-corrected chi connectivity index (χ0v) is 12.8. The Bertz CT molecular complexity index is 691. The molecule has 20 heavy (non-hydrogen) atoms. The van der Waals surface area contributed by atoms with Gasteiger partial charge in [-0.2, -0.15) is 0 Å². The van der Waals surface area contributed by atoms with Gasteiger partial charge in [-0.3, -0.25) is 0 Å². The summed E-state index contributed by atoms with van der Waals surface area (Å²) in [6, 6.07) is 13.8. The predicted molar refractivity (Wildman–Crippen MR) is 80.1 cm³/mol. The topological polar surface area (TPSA) is 43.4 Å². The Labute approximate surface area is 123 Å². The highest BCUT2D eigenvalue weighted by atomic mass is 35.7. The zero-order valence-electron chi connectivity index (χ0n) is 11.2. The average molecular weight is 311 g/mol. The van der Waals surface area contributed by atoms with Crippen LogP contribution in [0.3, 0.4) is 0 Å². The first-order valence-corrected chi connectivity index (χ1v) is 8.50. The fourth-order valence-electron chi connectivity index (χ4n) is 1.75. The Morgan fingerprint density at radius 1 is 1.00 bits per heavy atom. The summed E-state index contributed by atoms with van der Waals surface area (Å²) in [5.41, 5.74) is 1.22. The van der Waals surface area contributed by atoms with Gasteiger partial charge in [0, 0.05) is 16.7 Å². The Morgan fingerprint density at radius 3 is 2.20 bits per heavy atom. The summed E-state index contributed by atoms with van der Waals surface area (Å²) in [6.45, 7) is 4.23. The van der Waals surface area contributed by atoms with Crippen LogP contribution in [0.1, 0.15) is 25.3 Å². The van der Waals surface area contributed by atoms with Gasteiger partial charge in [0.1, 0.15) is 11.5 Å². The van der Waals surface area contributed by atoms with E-state index in [1.54, 1.807) is 12.1 Å². The van der Waals surface area contributed by atoms with Crippen LogP contribution in [-0.4, -0.2) is 8.42 Å². The average Bonchev–Trinajstić information content (AvgIpc) is 2.38. The van der Waals surface area contributed by atoms with Crippen molar-refractivity contribution < 1.29 is 13.2 Å². The monoisotopic (exact) mass is 310 g/mol. The van der Waals surface area contributed by atoms with Crippen LogP contribution in [0.4, 0.5) is 0 Å². The highest BCUT2D eigenvalue weighted by molar-refractivity contribution is 8.13. The van der Waals surface area contributed by atoms with Gasteiger partial charge in [0.2, 0.25) is 0 Å². The van der Waals surface area contributed by atoms with Crippen molar-refractivity contribution in [1.29, 1.82) is 0 Å². The molecule has 5 heteroatoms. The summed E-state index contributed by atoms with van der Waals surface area (Å²) in [5, 5.41) is 0. The molecule has 0 N–H and O–H groups in total. The molecule has 2 aromatic carbocycles. The maximum Gasteiger partial charge on any atom is 0.261 e. The van der Waals surface area contributed by atoms with Crippen LogP contribution in [0.5, 0.6) is 11.5 Å². The summed E-state index contributed by atoms with van der Waals surface area (Å²) in [7, 11) is 1.56. The molecule has 0 aromatic heterocycles. The molecule has 0 saturated carbocycles. The van der Waals surface area contributed by atoms with Crippen LogP contribution in [0, 0.1) is 0 Å². The molecule has 0 fully saturated rings. The van der Waals surface area contributed by atoms with E-state index in [1.165, 1.54) is 17.7 Å². The largest absolute Gasteiger partial charge is 0.457 e. The lowest BCUT2D eigenvalue weighted by Crippen LogP contribution is -1.92. The molecule has 0 amide bonds. The van der Waals surface area contributed by atoms with Crippen LogP contribution in [0.25, 0.3) is 0 Å². The lowest BCUT2D eigenvalue weighted by molar-refractivity contribution is 0.480. The van der Waals surface area contributed by atoms with E-state index in [4.69, 9.17) is 15.4 Å². The summed E-state index contributed by atoms with van der Waals surface area (Å²) >= 11 is 0. The van der Waals surface area contributed by atoms with Gasteiger partial charge in [-0.05, 0) is 35.7 Å². The van der Waals surface area contributed by atoms with Crippen molar-refractivity contribution in [3.8, 4) is 11.5 Å². The third-order valence-electron chi connectivity index (χ3n) is 2.87. The van der Waals surface area contributed by atoms with E-state index in [9.17, 15) is 8.42 Å². The number of halogens is 1. The highest BCUT2D eigenvalue weighted by Crippen LogP contribution is 2.26. The lowest BCUT2D eigenvalue weighted by atomic mass is 10.0. The van der Waals surface area contributed by atoms with E-state index in [2.05, 4.69) is 13.8 Å². The molecule has 0 aliphatic heterocycles. The van der Waals surface area contributed by atoms with E-state index >= 15 is 0 Å². The summed E-state index contributed by atoms with van der Waals surface area (Å²) in [5.74, 6) is 1.54. The molecular formula is C15H15ClO3S. The van der Waals surface area contributed by atoms with E-state index in [-0.39, 0.29) is 4.90 Å². The minimum absolute atomic E-state index is 0.0236. The molecule has 2 aromatic rings. The van der Waals surface area contributed by atoms with Crippen molar-refractivity contribution in [2.24, 2.45) is 0 Å². The van der Waals surface area contributed by atoms with Crippen molar-refractivity contribution in [1.82, 2.24) is 0 Å². The standard InChI is InChI=1S/C15H15ClO3S/c1-11(2)12-6-8-13(9-7-12)19-14-4-3-5-15(10-14)20(16,17)18/h3-11H,1-2H3. The van der Waals surface area contributed by atoms with Crippen LogP contribution in [0.2, 0.25) is 0 Å². The fraction of sp³-hybridized carbons (Fsp3) is 0.200. The SMILES string of the molecule is CC(C)c1ccc(Oc2cccc(S(=O)(=O)Cl)c2)cc1. The zero-order chi connectivity index (χ0) is 14.8. The van der Waals surface area contributed by atoms with Gasteiger partial charge in [-0.25, -0.2) is 8.42 Å². The summed E-state index contributed by atoms with van der Waals surface area (Å²) in [6.07, 6.45) is 0. The number of hydrogen-bond donors (Lipinski definition) is 0. The Morgan fingerprint density at radius 2 is 1.65 bits per heavy atom. The second-order valence-electron chi connectivity index (χ2n) is 4.74. The van der Waals surface area contributed by atoms with Gasteiger partial charge in [0.05, 0.1) is 4.90 Å². The summed E-state index contributed by atoms with van der Waals surface area (Å²) in [4.78, 5) is 0.0236. The third kappa shape index (κ3) is 3.74. The fourth-order valence-corrected chi connectivity index (χ4v) is 2.53. The van der Waals surface area contributed by atoms with Crippen molar-refractivity contribution in [2.45, 2.75) is 24.7 Å². The van der Waals surface area contributed by atoms with Gasteiger partial charge < -0.3 is 4.74 Å². The van der Waals surface area contributed by atoms with E-state index < -0.39 is 9.05 Å². The number of benzene rings is 2. The van der Waals surface area contributed by atoms with Crippen LogP contribution in [0.15, 0.2) is 53.4 Å². The molecule has 3 nitrogen and oxygen atoms in total. The van der Waals surface area contributed by atoms with Crippen LogP contribution >= 0.6 is 10.7 Å². The van der Waals surface area contributed by atoms with Crippen LogP contribution < -0.4 is 4.74 Å². The van der Waals surface area contributed by atoms with Gasteiger partial charge in [0.15, 0.2) is 0 Å². The van der Waals surface area contributed by atoms with Crippen molar-refractivity contribution >= 4 is 19.7 Å². The number of hydrogen-bond acceptors (Lipinski definition) is 3. The Balaban J connectivity index is 2.22. The first-order chi connectivity index (χ1) is 9.36. The third-order valence-corrected chi connectivity index (χ3v) is 4.22. The van der Waals surface area contributed by atoms with Gasteiger partial charge in [-0.1, -0.05) is 32.0 Å². The molecule has 0 aliphatic rings. The molecule has 0 heterocycles. The van der Waals surface area contributed by atoms with Crippen LogP contribution in [-0.2, 0) is 9.05 Å². The summed E-state index contributed by atoms with van der Waals surface area (Å²) < 4.78 is 28.2. The van der Waals surface area contributed by atoms with Gasteiger partial charge in [0.25, 0.3) is 9.05 Å². The van der Waals surface area contributed by atoms with E-state index in [1.807, 2.05) is 24.3 Å². The molecule has 0 radical (unpaired) electrons. The minimum atomic E-state index is -3.74. The molecular weight excluding hydrogens is 296 g/mol. The first kappa shape index (κ1) is 14.9. The molecule has 0 unspecified atom stereocenters. The normalized spacial score (nSPS) is 11.6. The molecule has 0 aliphatic carbocycles. The molecule has 0 atom stereocenters. The quantitative estimate of drug-likeness (QED) is 0.779. The first-order valence-electron chi connectivity index (χ1n) is 6.19. The maximum atomic E-state index is 11.3. The van der Waals surface area contributed by atoms with Crippen molar-refractivity contribution in [3.05, 3.63) is 54.1 Å².